The van der Waals surface area contributed by atoms with Gasteiger partial charge in [-0.15, -0.1) is 0 Å². The molecule has 3 N–H and O–H groups in total. The fourth-order valence-electron chi connectivity index (χ4n) is 1.87. The molecule has 2 rings (SSSR count). The quantitative estimate of drug-likeness (QED) is 0.640. The standard InChI is InChI=1S/C13H14F2N4O2/c1-20-9-6-17-12(13(18-9)21-2)11(19-16)7-4-3-5-8(14)10(7)15/h3-6,11,19H,16H2,1-2H3. The second-order valence-electron chi connectivity index (χ2n) is 4.05. The lowest BCUT2D eigenvalue weighted by Gasteiger charge is -2.18. The largest absolute Gasteiger partial charge is 0.480 e. The summed E-state index contributed by atoms with van der Waals surface area (Å²) in [6.45, 7) is 0. The second-order valence-corrected chi connectivity index (χ2v) is 4.05. The number of hydrogen-bond acceptors (Lipinski definition) is 6. The number of rotatable bonds is 5. The van der Waals surface area contributed by atoms with Crippen LogP contribution in [0.25, 0.3) is 0 Å². The third-order valence-corrected chi connectivity index (χ3v) is 2.88. The predicted molar refractivity (Wildman–Crippen MR) is 70.7 cm³/mol. The Morgan fingerprint density at radius 1 is 1.24 bits per heavy atom. The SMILES string of the molecule is COc1cnc(C(NN)c2cccc(F)c2F)c(OC)n1. The van der Waals surface area contributed by atoms with E-state index in [0.717, 1.165) is 6.07 Å². The summed E-state index contributed by atoms with van der Waals surface area (Å²) in [4.78, 5) is 8.13. The number of hydrogen-bond donors (Lipinski definition) is 2. The molecule has 0 aliphatic rings. The number of nitrogens with zero attached hydrogens (tertiary/aromatic N) is 2. The Hall–Kier alpha value is -2.32. The fraction of sp³-hybridized carbons (Fsp3) is 0.231. The van der Waals surface area contributed by atoms with Gasteiger partial charge in [0, 0.05) is 5.56 Å². The molecule has 1 unspecified atom stereocenters. The predicted octanol–water partition coefficient (Wildman–Crippen LogP) is 1.32. The highest BCUT2D eigenvalue weighted by molar-refractivity contribution is 5.35. The van der Waals surface area contributed by atoms with Gasteiger partial charge in [0.1, 0.15) is 5.69 Å². The summed E-state index contributed by atoms with van der Waals surface area (Å²) < 4.78 is 37.3. The van der Waals surface area contributed by atoms with E-state index in [1.54, 1.807) is 0 Å². The topological polar surface area (TPSA) is 82.3 Å². The highest BCUT2D eigenvalue weighted by Gasteiger charge is 2.24. The number of methoxy groups -OCH3 is 2. The van der Waals surface area contributed by atoms with Crippen molar-refractivity contribution in [3.05, 3.63) is 47.3 Å². The first-order chi connectivity index (χ1) is 10.1. The van der Waals surface area contributed by atoms with Crippen molar-refractivity contribution in [2.75, 3.05) is 14.2 Å². The zero-order chi connectivity index (χ0) is 15.4. The third kappa shape index (κ3) is 2.91. The van der Waals surface area contributed by atoms with Gasteiger partial charge >= 0.3 is 0 Å². The zero-order valence-electron chi connectivity index (χ0n) is 11.4. The molecule has 0 radical (unpaired) electrons. The smallest absolute Gasteiger partial charge is 0.240 e. The van der Waals surface area contributed by atoms with E-state index < -0.39 is 17.7 Å². The van der Waals surface area contributed by atoms with Crippen molar-refractivity contribution in [1.29, 1.82) is 0 Å². The van der Waals surface area contributed by atoms with E-state index in [9.17, 15) is 8.78 Å². The van der Waals surface area contributed by atoms with Gasteiger partial charge in [0.15, 0.2) is 11.6 Å². The first kappa shape index (κ1) is 15.1. The minimum atomic E-state index is -1.01. The third-order valence-electron chi connectivity index (χ3n) is 2.88. The Balaban J connectivity index is 2.53. The van der Waals surface area contributed by atoms with E-state index in [4.69, 9.17) is 15.3 Å². The number of ether oxygens (including phenoxy) is 2. The Labute approximate surface area is 119 Å². The second kappa shape index (κ2) is 6.42. The molecule has 21 heavy (non-hydrogen) atoms. The van der Waals surface area contributed by atoms with Gasteiger partial charge in [0.25, 0.3) is 0 Å². The number of nitrogens with one attached hydrogen (secondary N) is 1. The van der Waals surface area contributed by atoms with E-state index in [1.165, 1.54) is 32.5 Å². The van der Waals surface area contributed by atoms with Crippen LogP contribution in [0.2, 0.25) is 0 Å². The molecule has 112 valence electrons. The van der Waals surface area contributed by atoms with Gasteiger partial charge in [-0.1, -0.05) is 12.1 Å². The zero-order valence-corrected chi connectivity index (χ0v) is 11.4. The van der Waals surface area contributed by atoms with Crippen molar-refractivity contribution < 1.29 is 18.3 Å². The monoisotopic (exact) mass is 296 g/mol. The summed E-state index contributed by atoms with van der Waals surface area (Å²) in [5.41, 5.74) is 2.59. The van der Waals surface area contributed by atoms with Crippen molar-refractivity contribution in [2.24, 2.45) is 5.84 Å². The highest BCUT2D eigenvalue weighted by atomic mass is 19.2. The van der Waals surface area contributed by atoms with Crippen LogP contribution >= 0.6 is 0 Å². The van der Waals surface area contributed by atoms with Crippen molar-refractivity contribution in [3.8, 4) is 11.8 Å². The number of benzene rings is 1. The summed E-state index contributed by atoms with van der Waals surface area (Å²) in [5, 5.41) is 0. The van der Waals surface area contributed by atoms with Crippen molar-refractivity contribution in [2.45, 2.75) is 6.04 Å². The summed E-state index contributed by atoms with van der Waals surface area (Å²) in [6, 6.07) is 2.87. The molecule has 0 aliphatic carbocycles. The fourth-order valence-corrected chi connectivity index (χ4v) is 1.87. The van der Waals surface area contributed by atoms with E-state index >= 15 is 0 Å². The number of hydrazine groups is 1. The van der Waals surface area contributed by atoms with E-state index in [2.05, 4.69) is 15.4 Å². The van der Waals surface area contributed by atoms with Gasteiger partial charge in [-0.25, -0.2) is 19.2 Å². The van der Waals surface area contributed by atoms with Gasteiger partial charge < -0.3 is 9.47 Å². The van der Waals surface area contributed by atoms with Crippen molar-refractivity contribution in [3.63, 3.8) is 0 Å². The van der Waals surface area contributed by atoms with Crippen LogP contribution in [0.4, 0.5) is 8.78 Å². The van der Waals surface area contributed by atoms with Crippen molar-refractivity contribution >= 4 is 0 Å². The van der Waals surface area contributed by atoms with Crippen LogP contribution in [0.15, 0.2) is 24.4 Å². The van der Waals surface area contributed by atoms with Gasteiger partial charge in [0.05, 0.1) is 26.5 Å². The maximum atomic E-state index is 13.9. The molecule has 1 aromatic heterocycles. The summed E-state index contributed by atoms with van der Waals surface area (Å²) in [7, 11) is 2.80. The molecule has 0 aliphatic heterocycles. The molecule has 1 heterocycles. The molecular formula is C13H14F2N4O2. The molecule has 0 bridgehead atoms. The average Bonchev–Trinajstić information content (AvgIpc) is 2.52. The Bertz CT molecular complexity index is 640. The molecule has 1 atom stereocenters. The van der Waals surface area contributed by atoms with Crippen LogP contribution < -0.4 is 20.7 Å². The first-order valence-electron chi connectivity index (χ1n) is 5.97. The Morgan fingerprint density at radius 2 is 2.00 bits per heavy atom. The maximum absolute atomic E-state index is 13.9. The van der Waals surface area contributed by atoms with Gasteiger partial charge in [-0.05, 0) is 6.07 Å². The lowest BCUT2D eigenvalue weighted by atomic mass is 10.0. The molecule has 0 amide bonds. The summed E-state index contributed by atoms with van der Waals surface area (Å²) in [6.07, 6.45) is 1.33. The normalized spacial score (nSPS) is 12.0. The Kier molecular flexibility index (Phi) is 4.61. The van der Waals surface area contributed by atoms with Gasteiger partial charge in [-0.3, -0.25) is 5.84 Å². The lowest BCUT2D eigenvalue weighted by molar-refractivity contribution is 0.351. The summed E-state index contributed by atoms with van der Waals surface area (Å²) in [5.74, 6) is 3.79. The molecule has 6 nitrogen and oxygen atoms in total. The van der Waals surface area contributed by atoms with E-state index in [1.807, 2.05) is 0 Å². The van der Waals surface area contributed by atoms with Crippen LogP contribution in [0.1, 0.15) is 17.3 Å². The number of nitrogens with two attached hydrogens (primary N) is 1. The van der Waals surface area contributed by atoms with Crippen LogP contribution in [-0.2, 0) is 0 Å². The van der Waals surface area contributed by atoms with Crippen LogP contribution in [0.3, 0.4) is 0 Å². The van der Waals surface area contributed by atoms with E-state index in [0.29, 0.717) is 0 Å². The molecular weight excluding hydrogens is 282 g/mol. The molecule has 0 saturated carbocycles. The molecule has 0 saturated heterocycles. The van der Waals surface area contributed by atoms with E-state index in [-0.39, 0.29) is 23.0 Å². The summed E-state index contributed by atoms with van der Waals surface area (Å²) >= 11 is 0. The molecule has 0 spiro atoms. The first-order valence-corrected chi connectivity index (χ1v) is 5.97. The average molecular weight is 296 g/mol. The minimum absolute atomic E-state index is 0.00438. The van der Waals surface area contributed by atoms with Crippen LogP contribution in [-0.4, -0.2) is 24.2 Å². The minimum Gasteiger partial charge on any atom is -0.480 e. The number of aromatic nitrogens is 2. The number of halogens is 2. The maximum Gasteiger partial charge on any atom is 0.240 e. The Morgan fingerprint density at radius 3 is 2.62 bits per heavy atom. The molecule has 8 heteroatoms. The van der Waals surface area contributed by atoms with Crippen LogP contribution in [0, 0.1) is 11.6 Å². The van der Waals surface area contributed by atoms with Gasteiger partial charge in [0.2, 0.25) is 11.8 Å². The molecule has 2 aromatic rings. The van der Waals surface area contributed by atoms with Crippen molar-refractivity contribution in [1.82, 2.24) is 15.4 Å². The lowest BCUT2D eigenvalue weighted by Crippen LogP contribution is -2.31. The van der Waals surface area contributed by atoms with Gasteiger partial charge in [-0.2, -0.15) is 4.98 Å². The van der Waals surface area contributed by atoms with Crippen LogP contribution in [0.5, 0.6) is 11.8 Å². The highest BCUT2D eigenvalue weighted by Crippen LogP contribution is 2.29. The molecule has 1 aromatic carbocycles. The molecule has 0 fully saturated rings.